The van der Waals surface area contributed by atoms with Gasteiger partial charge in [-0.25, -0.2) is 0 Å². The van der Waals surface area contributed by atoms with Crippen LogP contribution in [0.5, 0.6) is 0 Å². The van der Waals surface area contributed by atoms with Crippen LogP contribution >= 0.6 is 0 Å². The number of benzene rings is 3. The molecule has 188 valence electrons. The van der Waals surface area contributed by atoms with Crippen molar-refractivity contribution in [2.45, 2.75) is 39.7 Å². The smallest absolute Gasteiger partial charge is 0.499 e. The van der Waals surface area contributed by atoms with E-state index in [1.807, 2.05) is 42.5 Å². The van der Waals surface area contributed by atoms with E-state index in [9.17, 15) is 0 Å². The van der Waals surface area contributed by atoms with Gasteiger partial charge >= 0.3 is 20.1 Å². The minimum Gasteiger partial charge on any atom is -0.499 e. The first kappa shape index (κ1) is 26.6. The van der Waals surface area contributed by atoms with Crippen LogP contribution in [0, 0.1) is 18.9 Å². The van der Waals surface area contributed by atoms with Gasteiger partial charge in [-0.2, -0.15) is 30.4 Å². The second-order valence-corrected chi connectivity index (χ2v) is 9.33. The molecule has 0 unspecified atom stereocenters. The second kappa shape index (κ2) is 11.7. The topological polar surface area (TPSA) is 45.4 Å². The second-order valence-electron chi connectivity index (χ2n) is 9.33. The molecular weight excluding hydrogens is 637 g/mol. The number of anilines is 3. The predicted molar refractivity (Wildman–Crippen MR) is 146 cm³/mol. The molecule has 1 aliphatic heterocycles. The normalized spacial score (nSPS) is 12.4. The molecule has 1 aliphatic rings. The molecule has 0 bridgehead atoms. The molecule has 3 aromatic carbocycles. The van der Waals surface area contributed by atoms with E-state index in [-0.39, 0.29) is 20.1 Å². The molecular formula is C31H29IrN4O. The summed E-state index contributed by atoms with van der Waals surface area (Å²) in [7, 11) is 0. The van der Waals surface area contributed by atoms with E-state index in [4.69, 9.17) is 4.52 Å². The number of pyridine rings is 1. The number of para-hydroxylation sites is 3. The van der Waals surface area contributed by atoms with Crippen LogP contribution in [0.2, 0.25) is 0 Å². The first-order chi connectivity index (χ1) is 17.5. The quantitative estimate of drug-likeness (QED) is 0.184. The van der Waals surface area contributed by atoms with Crippen molar-refractivity contribution in [3.05, 3.63) is 110 Å². The van der Waals surface area contributed by atoms with E-state index >= 15 is 0 Å². The van der Waals surface area contributed by atoms with Gasteiger partial charge in [-0.05, 0) is 50.2 Å². The summed E-state index contributed by atoms with van der Waals surface area (Å²) in [4.78, 5) is 8.49. The summed E-state index contributed by atoms with van der Waals surface area (Å²) in [6.07, 6.45) is 4.58. The van der Waals surface area contributed by atoms with Gasteiger partial charge in [0.15, 0.2) is 5.58 Å². The van der Waals surface area contributed by atoms with Crippen LogP contribution in [0.3, 0.4) is 0 Å². The van der Waals surface area contributed by atoms with Crippen molar-refractivity contribution in [3.63, 3.8) is 0 Å². The SMILES string of the molecule is CC(C)c1cc[c-]c(N2[CH-]N(C(C)C)c3ccccc32)c1.[Ir+3].[c-]1ncccc1-c1noc2ccccc12. The summed E-state index contributed by atoms with van der Waals surface area (Å²) in [5.41, 5.74) is 7.36. The summed E-state index contributed by atoms with van der Waals surface area (Å²) in [5.74, 6) is 0.525. The molecule has 0 fully saturated rings. The monoisotopic (exact) mass is 666 g/mol. The van der Waals surface area contributed by atoms with Crippen LogP contribution in [0.25, 0.3) is 22.2 Å². The Balaban J connectivity index is 0.000000177. The number of fused-ring (bicyclic) bond motifs is 2. The zero-order chi connectivity index (χ0) is 25.1. The molecule has 0 saturated carbocycles. The van der Waals surface area contributed by atoms with Crippen molar-refractivity contribution in [2.75, 3.05) is 9.80 Å². The fourth-order valence-corrected chi connectivity index (χ4v) is 4.25. The van der Waals surface area contributed by atoms with Gasteiger partial charge in [0.1, 0.15) is 0 Å². The van der Waals surface area contributed by atoms with Crippen LogP contribution in [0.15, 0.2) is 89.6 Å². The van der Waals surface area contributed by atoms with Gasteiger partial charge in [-0.3, -0.25) is 0 Å². The summed E-state index contributed by atoms with van der Waals surface area (Å²) in [6, 6.07) is 30.3. The minimum atomic E-state index is 0. The molecule has 0 spiro atoms. The Bertz CT molecular complexity index is 1450. The number of hydrogen-bond acceptors (Lipinski definition) is 5. The third-order valence-corrected chi connectivity index (χ3v) is 6.19. The van der Waals surface area contributed by atoms with Crippen molar-refractivity contribution in [3.8, 4) is 11.3 Å². The number of hydrogen-bond donors (Lipinski definition) is 0. The average Bonchev–Trinajstić information content (AvgIpc) is 3.52. The van der Waals surface area contributed by atoms with Crippen molar-refractivity contribution in [1.82, 2.24) is 10.1 Å². The first-order valence-corrected chi connectivity index (χ1v) is 12.2. The van der Waals surface area contributed by atoms with Gasteiger partial charge in [0.25, 0.3) is 0 Å². The molecule has 3 heterocycles. The van der Waals surface area contributed by atoms with Crippen LogP contribution in [-0.2, 0) is 20.1 Å². The molecule has 37 heavy (non-hydrogen) atoms. The molecule has 5 nitrogen and oxygen atoms in total. The fourth-order valence-electron chi connectivity index (χ4n) is 4.25. The first-order valence-electron chi connectivity index (χ1n) is 12.2. The van der Waals surface area contributed by atoms with Crippen LogP contribution in [0.4, 0.5) is 17.1 Å². The average molecular weight is 666 g/mol. The Morgan fingerprint density at radius 2 is 1.65 bits per heavy atom. The van der Waals surface area contributed by atoms with Gasteiger partial charge < -0.3 is 19.3 Å². The predicted octanol–water partition coefficient (Wildman–Crippen LogP) is 7.78. The Labute approximate surface area is 232 Å². The number of aromatic nitrogens is 2. The zero-order valence-corrected chi connectivity index (χ0v) is 23.7. The summed E-state index contributed by atoms with van der Waals surface area (Å²) in [5, 5.41) is 5.01. The Morgan fingerprint density at radius 1 is 0.892 bits per heavy atom. The van der Waals surface area contributed by atoms with E-state index in [1.54, 1.807) is 6.20 Å². The van der Waals surface area contributed by atoms with Gasteiger partial charge in [-0.15, -0.1) is 34.6 Å². The zero-order valence-electron chi connectivity index (χ0n) is 21.3. The maximum absolute atomic E-state index is 5.21. The Hall–Kier alpha value is -3.47. The van der Waals surface area contributed by atoms with E-state index in [0.717, 1.165) is 27.9 Å². The summed E-state index contributed by atoms with van der Waals surface area (Å²) in [6.45, 7) is 11.1. The van der Waals surface area contributed by atoms with Gasteiger partial charge in [0.2, 0.25) is 0 Å². The van der Waals surface area contributed by atoms with E-state index in [0.29, 0.717) is 12.0 Å². The molecule has 5 aromatic rings. The molecule has 0 radical (unpaired) electrons. The third-order valence-electron chi connectivity index (χ3n) is 6.19. The van der Waals surface area contributed by atoms with E-state index in [2.05, 4.69) is 103 Å². The molecule has 0 aliphatic carbocycles. The van der Waals surface area contributed by atoms with Crippen molar-refractivity contribution >= 4 is 28.0 Å². The van der Waals surface area contributed by atoms with E-state index in [1.165, 1.54) is 16.9 Å². The number of nitrogens with zero attached hydrogens (tertiary/aromatic N) is 4. The van der Waals surface area contributed by atoms with Gasteiger partial charge in [0, 0.05) is 22.5 Å². The van der Waals surface area contributed by atoms with Crippen LogP contribution in [0.1, 0.15) is 39.2 Å². The largest absolute Gasteiger partial charge is 3.00 e. The van der Waals surface area contributed by atoms with Crippen LogP contribution in [-0.4, -0.2) is 16.2 Å². The number of rotatable bonds is 4. The summed E-state index contributed by atoms with van der Waals surface area (Å²) < 4.78 is 5.21. The molecule has 6 heteroatoms. The van der Waals surface area contributed by atoms with Gasteiger partial charge in [0.05, 0.1) is 0 Å². The molecule has 2 aromatic heterocycles. The minimum absolute atomic E-state index is 0. The third kappa shape index (κ3) is 5.61. The van der Waals surface area contributed by atoms with Crippen molar-refractivity contribution in [2.24, 2.45) is 0 Å². The molecule has 0 amide bonds. The molecule has 6 rings (SSSR count). The maximum Gasteiger partial charge on any atom is 3.00 e. The Kier molecular flexibility index (Phi) is 8.42. The fraction of sp³-hybridized carbons (Fsp3) is 0.194. The maximum atomic E-state index is 5.21. The van der Waals surface area contributed by atoms with E-state index < -0.39 is 0 Å². The molecule has 0 N–H and O–H groups in total. The van der Waals surface area contributed by atoms with Gasteiger partial charge in [-0.1, -0.05) is 50.4 Å². The molecule has 0 atom stereocenters. The van der Waals surface area contributed by atoms with Crippen molar-refractivity contribution < 1.29 is 24.6 Å². The van der Waals surface area contributed by atoms with Crippen LogP contribution < -0.4 is 9.80 Å². The van der Waals surface area contributed by atoms with Crippen molar-refractivity contribution in [1.29, 1.82) is 0 Å². The standard InChI is InChI=1S/C19H22N2.C12H7N2O.Ir/c1-14(2)16-8-7-9-17(12-16)21-13-20(15(3)4)18-10-5-6-11-19(18)21;1-2-6-11-10(5-1)12(14-15-11)9-4-3-7-13-8-9;/h5-8,10-15H,1-4H3;1-7H;/q-2;-1;+3. The summed E-state index contributed by atoms with van der Waals surface area (Å²) >= 11 is 0. The Morgan fingerprint density at radius 3 is 2.38 bits per heavy atom. The molecule has 0 saturated heterocycles.